The molecule has 4 rings (SSSR count). The number of rotatable bonds is 0. The number of hydrogen-bond acceptors (Lipinski definition) is 2. The molecule has 0 amide bonds. The van der Waals surface area contributed by atoms with Crippen molar-refractivity contribution in [1.82, 2.24) is 9.97 Å². The van der Waals surface area contributed by atoms with E-state index in [1.54, 1.807) is 0 Å². The van der Waals surface area contributed by atoms with Gasteiger partial charge in [0.25, 0.3) is 0 Å². The van der Waals surface area contributed by atoms with Gasteiger partial charge in [0.15, 0.2) is 0 Å². The highest BCUT2D eigenvalue weighted by Gasteiger charge is 1.91. The summed E-state index contributed by atoms with van der Waals surface area (Å²) >= 11 is 0. The summed E-state index contributed by atoms with van der Waals surface area (Å²) in [5, 5.41) is 3.69. The normalized spacial score (nSPS) is 10.3. The van der Waals surface area contributed by atoms with E-state index in [1.807, 2.05) is 36.8 Å². The Kier molecular flexibility index (Phi) is 4.10. The van der Waals surface area contributed by atoms with Gasteiger partial charge in [-0.3, -0.25) is 9.97 Å². The molecule has 0 unspecified atom stereocenters. The quantitative estimate of drug-likeness (QED) is 0.450. The first kappa shape index (κ1) is 14.2. The second-order valence-electron chi connectivity index (χ2n) is 5.43. The molecule has 0 bridgehead atoms. The van der Waals surface area contributed by atoms with Crippen molar-refractivity contribution < 1.29 is 0 Å². The minimum Gasteiger partial charge on any atom is -0.264 e. The Hall–Kier alpha value is -2.74. The Bertz CT molecular complexity index is 836. The second kappa shape index (κ2) is 6.35. The van der Waals surface area contributed by atoms with Gasteiger partial charge in [-0.05, 0) is 49.6 Å². The topological polar surface area (TPSA) is 25.8 Å². The lowest BCUT2D eigenvalue weighted by Gasteiger charge is -1.96. The average molecular weight is 286 g/mol. The summed E-state index contributed by atoms with van der Waals surface area (Å²) in [5.41, 5.74) is 3.63. The summed E-state index contributed by atoms with van der Waals surface area (Å²) in [6, 6.07) is 18.7. The van der Waals surface area contributed by atoms with Crippen molar-refractivity contribution in [3.05, 3.63) is 84.3 Å². The SMILES string of the molecule is Cc1ccc2ccncc2c1.Cc1ccc2ncccc2c1. The number of pyridine rings is 2. The van der Waals surface area contributed by atoms with Crippen LogP contribution in [-0.2, 0) is 0 Å². The molecular weight excluding hydrogens is 268 g/mol. The molecule has 2 heterocycles. The first-order valence-corrected chi connectivity index (χ1v) is 7.34. The van der Waals surface area contributed by atoms with Crippen LogP contribution < -0.4 is 0 Å². The highest BCUT2D eigenvalue weighted by molar-refractivity contribution is 5.82. The third kappa shape index (κ3) is 3.29. The molecule has 0 fully saturated rings. The molecule has 0 aliphatic heterocycles. The Labute approximate surface area is 130 Å². The van der Waals surface area contributed by atoms with E-state index in [1.165, 1.54) is 27.3 Å². The largest absolute Gasteiger partial charge is 0.264 e. The van der Waals surface area contributed by atoms with Crippen LogP contribution in [0.3, 0.4) is 0 Å². The van der Waals surface area contributed by atoms with Crippen LogP contribution in [0.25, 0.3) is 21.7 Å². The first-order valence-electron chi connectivity index (χ1n) is 7.34. The maximum absolute atomic E-state index is 4.22. The molecule has 0 radical (unpaired) electrons. The molecule has 0 aliphatic carbocycles. The number of aromatic nitrogens is 2. The summed E-state index contributed by atoms with van der Waals surface area (Å²) < 4.78 is 0. The van der Waals surface area contributed by atoms with E-state index in [4.69, 9.17) is 0 Å². The van der Waals surface area contributed by atoms with E-state index < -0.39 is 0 Å². The van der Waals surface area contributed by atoms with Gasteiger partial charge in [0.2, 0.25) is 0 Å². The number of hydrogen-bond donors (Lipinski definition) is 0. The molecule has 108 valence electrons. The van der Waals surface area contributed by atoms with Crippen LogP contribution in [0.2, 0.25) is 0 Å². The number of benzene rings is 2. The van der Waals surface area contributed by atoms with E-state index in [9.17, 15) is 0 Å². The molecule has 0 saturated heterocycles. The number of nitrogens with zero attached hydrogens (tertiary/aromatic N) is 2. The maximum atomic E-state index is 4.22. The Morgan fingerprint density at radius 1 is 0.682 bits per heavy atom. The summed E-state index contributed by atoms with van der Waals surface area (Å²) in [6.45, 7) is 4.18. The van der Waals surface area contributed by atoms with Crippen molar-refractivity contribution in [3.8, 4) is 0 Å². The van der Waals surface area contributed by atoms with Gasteiger partial charge in [-0.15, -0.1) is 0 Å². The molecule has 0 saturated carbocycles. The monoisotopic (exact) mass is 286 g/mol. The first-order chi connectivity index (χ1) is 10.7. The Morgan fingerprint density at radius 2 is 1.45 bits per heavy atom. The van der Waals surface area contributed by atoms with Crippen LogP contribution in [0.4, 0.5) is 0 Å². The van der Waals surface area contributed by atoms with E-state index in [-0.39, 0.29) is 0 Å². The molecule has 2 aromatic carbocycles. The molecule has 0 spiro atoms. The van der Waals surface area contributed by atoms with Crippen molar-refractivity contribution in [2.24, 2.45) is 0 Å². The van der Waals surface area contributed by atoms with Crippen LogP contribution in [-0.4, -0.2) is 9.97 Å². The van der Waals surface area contributed by atoms with Gasteiger partial charge in [-0.25, -0.2) is 0 Å². The highest BCUT2D eigenvalue weighted by atomic mass is 14.6. The summed E-state index contributed by atoms with van der Waals surface area (Å²) in [5.74, 6) is 0. The van der Waals surface area contributed by atoms with Gasteiger partial charge in [-0.2, -0.15) is 0 Å². The van der Waals surface area contributed by atoms with Crippen molar-refractivity contribution in [3.63, 3.8) is 0 Å². The summed E-state index contributed by atoms with van der Waals surface area (Å²) in [4.78, 5) is 8.28. The lowest BCUT2D eigenvalue weighted by atomic mass is 10.1. The summed E-state index contributed by atoms with van der Waals surface area (Å²) in [7, 11) is 0. The Morgan fingerprint density at radius 3 is 2.32 bits per heavy atom. The Balaban J connectivity index is 0.000000131. The average Bonchev–Trinajstić information content (AvgIpc) is 2.55. The smallest absolute Gasteiger partial charge is 0.0702 e. The van der Waals surface area contributed by atoms with E-state index in [2.05, 4.69) is 60.2 Å². The van der Waals surface area contributed by atoms with Gasteiger partial charge >= 0.3 is 0 Å². The zero-order valence-corrected chi connectivity index (χ0v) is 12.8. The molecule has 4 aromatic rings. The molecule has 0 N–H and O–H groups in total. The standard InChI is InChI=1S/2C10H9N/c1-8-2-3-9-4-5-11-7-10(9)6-8;1-8-4-5-10-9(7-8)3-2-6-11-10/h2*2-7H,1H3. The molecule has 2 aromatic heterocycles. The summed E-state index contributed by atoms with van der Waals surface area (Å²) in [6.07, 6.45) is 5.53. The fraction of sp³-hybridized carbons (Fsp3) is 0.100. The lowest BCUT2D eigenvalue weighted by molar-refractivity contribution is 1.36. The fourth-order valence-corrected chi connectivity index (χ4v) is 2.40. The van der Waals surface area contributed by atoms with Gasteiger partial charge in [0.1, 0.15) is 0 Å². The fourth-order valence-electron chi connectivity index (χ4n) is 2.40. The predicted octanol–water partition coefficient (Wildman–Crippen LogP) is 5.09. The zero-order chi connectivity index (χ0) is 15.4. The minimum absolute atomic E-state index is 1.07. The number of fused-ring (bicyclic) bond motifs is 2. The molecular formula is C20H18N2. The molecule has 0 atom stereocenters. The lowest BCUT2D eigenvalue weighted by Crippen LogP contribution is -1.77. The van der Waals surface area contributed by atoms with Crippen molar-refractivity contribution in [2.45, 2.75) is 13.8 Å². The molecule has 0 aliphatic rings. The maximum Gasteiger partial charge on any atom is 0.0702 e. The van der Waals surface area contributed by atoms with Gasteiger partial charge in [-0.1, -0.05) is 35.4 Å². The van der Waals surface area contributed by atoms with Gasteiger partial charge < -0.3 is 0 Å². The van der Waals surface area contributed by atoms with Crippen molar-refractivity contribution >= 4 is 21.7 Å². The van der Waals surface area contributed by atoms with E-state index in [0.717, 1.165) is 5.52 Å². The van der Waals surface area contributed by atoms with Crippen LogP contribution in [0.15, 0.2) is 73.2 Å². The van der Waals surface area contributed by atoms with Crippen LogP contribution in [0.1, 0.15) is 11.1 Å². The van der Waals surface area contributed by atoms with Gasteiger partial charge in [0.05, 0.1) is 5.52 Å². The third-order valence-corrected chi connectivity index (χ3v) is 3.55. The minimum atomic E-state index is 1.07. The second-order valence-corrected chi connectivity index (χ2v) is 5.43. The molecule has 22 heavy (non-hydrogen) atoms. The third-order valence-electron chi connectivity index (χ3n) is 3.55. The van der Waals surface area contributed by atoms with Crippen LogP contribution >= 0.6 is 0 Å². The molecule has 2 nitrogen and oxygen atoms in total. The highest BCUT2D eigenvalue weighted by Crippen LogP contribution is 2.13. The van der Waals surface area contributed by atoms with Crippen LogP contribution in [0, 0.1) is 13.8 Å². The van der Waals surface area contributed by atoms with Crippen molar-refractivity contribution in [1.29, 1.82) is 0 Å². The van der Waals surface area contributed by atoms with Gasteiger partial charge in [0, 0.05) is 29.4 Å². The van der Waals surface area contributed by atoms with Crippen molar-refractivity contribution in [2.75, 3.05) is 0 Å². The zero-order valence-electron chi connectivity index (χ0n) is 12.8. The van der Waals surface area contributed by atoms with Crippen LogP contribution in [0.5, 0.6) is 0 Å². The molecule has 2 heteroatoms. The predicted molar refractivity (Wildman–Crippen MR) is 93.0 cm³/mol. The van der Waals surface area contributed by atoms with E-state index in [0.29, 0.717) is 0 Å². The van der Waals surface area contributed by atoms with E-state index >= 15 is 0 Å². The number of aryl methyl sites for hydroxylation is 2.